The van der Waals surface area contributed by atoms with Crippen molar-refractivity contribution in [2.75, 3.05) is 13.2 Å². The molecule has 0 bridgehead atoms. The van der Waals surface area contributed by atoms with Crippen molar-refractivity contribution in [3.63, 3.8) is 0 Å². The van der Waals surface area contributed by atoms with Crippen LogP contribution in [-0.4, -0.2) is 23.8 Å². The zero-order chi connectivity index (χ0) is 10.5. The molecule has 0 rings (SSSR count). The van der Waals surface area contributed by atoms with E-state index in [4.69, 9.17) is 5.11 Å². The maximum absolute atomic E-state index is 9.10. The number of hydrogen-bond acceptors (Lipinski definition) is 2. The van der Waals surface area contributed by atoms with Crippen molar-refractivity contribution in [3.8, 4) is 0 Å². The standard InChI is InChI=1S/C11H25NO/c1-6-11(5,7-2)12-8-10(3,4)9-13/h12-13H,6-9H2,1-5H3. The van der Waals surface area contributed by atoms with Gasteiger partial charge in [-0.25, -0.2) is 0 Å². The molecular weight excluding hydrogens is 162 g/mol. The van der Waals surface area contributed by atoms with Gasteiger partial charge in [-0.15, -0.1) is 0 Å². The quantitative estimate of drug-likeness (QED) is 0.668. The van der Waals surface area contributed by atoms with Gasteiger partial charge in [0.05, 0.1) is 0 Å². The topological polar surface area (TPSA) is 32.3 Å². The first-order chi connectivity index (χ1) is 5.89. The van der Waals surface area contributed by atoms with Crippen LogP contribution in [0.2, 0.25) is 0 Å². The monoisotopic (exact) mass is 187 g/mol. The summed E-state index contributed by atoms with van der Waals surface area (Å²) < 4.78 is 0. The molecule has 0 saturated heterocycles. The predicted octanol–water partition coefficient (Wildman–Crippen LogP) is 2.17. The SMILES string of the molecule is CCC(C)(CC)NCC(C)(C)CO. The molecule has 0 fully saturated rings. The van der Waals surface area contributed by atoms with Gasteiger partial charge in [-0.2, -0.15) is 0 Å². The third-order valence-electron chi connectivity index (χ3n) is 2.98. The number of hydrogen-bond donors (Lipinski definition) is 2. The molecule has 0 atom stereocenters. The van der Waals surface area contributed by atoms with Gasteiger partial charge < -0.3 is 10.4 Å². The second-order valence-corrected chi connectivity index (χ2v) is 4.94. The van der Waals surface area contributed by atoms with Crippen molar-refractivity contribution in [1.82, 2.24) is 5.32 Å². The lowest BCUT2D eigenvalue weighted by atomic mass is 9.90. The maximum atomic E-state index is 9.10. The zero-order valence-electron chi connectivity index (χ0n) is 9.78. The molecule has 0 aliphatic heterocycles. The van der Waals surface area contributed by atoms with E-state index in [0.717, 1.165) is 19.4 Å². The fourth-order valence-corrected chi connectivity index (χ4v) is 1.01. The van der Waals surface area contributed by atoms with Gasteiger partial charge in [0.15, 0.2) is 0 Å². The Hall–Kier alpha value is -0.0800. The summed E-state index contributed by atoms with van der Waals surface area (Å²) in [6.45, 7) is 11.9. The molecule has 0 aliphatic rings. The van der Waals surface area contributed by atoms with Crippen molar-refractivity contribution in [3.05, 3.63) is 0 Å². The molecule has 2 nitrogen and oxygen atoms in total. The summed E-state index contributed by atoms with van der Waals surface area (Å²) in [7, 11) is 0. The van der Waals surface area contributed by atoms with E-state index >= 15 is 0 Å². The van der Waals surface area contributed by atoms with Crippen LogP contribution in [0, 0.1) is 5.41 Å². The van der Waals surface area contributed by atoms with Gasteiger partial charge in [-0.1, -0.05) is 27.7 Å². The zero-order valence-corrected chi connectivity index (χ0v) is 9.78. The predicted molar refractivity (Wildman–Crippen MR) is 57.9 cm³/mol. The molecule has 0 aliphatic carbocycles. The molecule has 0 amide bonds. The Bertz CT molecular complexity index is 139. The van der Waals surface area contributed by atoms with Crippen molar-refractivity contribution in [2.24, 2.45) is 5.41 Å². The Labute approximate surface area is 82.7 Å². The van der Waals surface area contributed by atoms with Crippen molar-refractivity contribution in [2.45, 2.75) is 53.0 Å². The number of aliphatic hydroxyl groups excluding tert-OH is 1. The van der Waals surface area contributed by atoms with E-state index in [2.05, 4.69) is 39.9 Å². The van der Waals surface area contributed by atoms with Gasteiger partial charge in [0.2, 0.25) is 0 Å². The molecule has 0 aromatic rings. The van der Waals surface area contributed by atoms with E-state index in [1.165, 1.54) is 0 Å². The maximum Gasteiger partial charge on any atom is 0.0494 e. The molecule has 80 valence electrons. The van der Waals surface area contributed by atoms with Gasteiger partial charge in [0, 0.05) is 24.1 Å². The lowest BCUT2D eigenvalue weighted by Gasteiger charge is -2.33. The fourth-order valence-electron chi connectivity index (χ4n) is 1.01. The Morgan fingerprint density at radius 3 is 1.85 bits per heavy atom. The van der Waals surface area contributed by atoms with Gasteiger partial charge in [0.1, 0.15) is 0 Å². The molecule has 0 spiro atoms. The summed E-state index contributed by atoms with van der Waals surface area (Å²) in [5, 5.41) is 12.6. The number of aliphatic hydroxyl groups is 1. The van der Waals surface area contributed by atoms with Crippen LogP contribution >= 0.6 is 0 Å². The van der Waals surface area contributed by atoms with Gasteiger partial charge >= 0.3 is 0 Å². The van der Waals surface area contributed by atoms with Crippen LogP contribution in [0.25, 0.3) is 0 Å². The van der Waals surface area contributed by atoms with E-state index in [9.17, 15) is 0 Å². The lowest BCUT2D eigenvalue weighted by molar-refractivity contribution is 0.142. The first-order valence-corrected chi connectivity index (χ1v) is 5.25. The minimum Gasteiger partial charge on any atom is -0.396 e. The highest BCUT2D eigenvalue weighted by Gasteiger charge is 2.23. The van der Waals surface area contributed by atoms with Crippen LogP contribution in [0.3, 0.4) is 0 Å². The highest BCUT2D eigenvalue weighted by molar-refractivity contribution is 4.83. The Balaban J connectivity index is 3.99. The van der Waals surface area contributed by atoms with Crippen LogP contribution in [-0.2, 0) is 0 Å². The minimum absolute atomic E-state index is 0.00833. The summed E-state index contributed by atoms with van der Waals surface area (Å²) in [6, 6.07) is 0. The molecule has 2 N–H and O–H groups in total. The third-order valence-corrected chi connectivity index (χ3v) is 2.98. The average Bonchev–Trinajstić information content (AvgIpc) is 2.14. The molecule has 0 saturated carbocycles. The summed E-state index contributed by atoms with van der Waals surface area (Å²) in [4.78, 5) is 0. The van der Waals surface area contributed by atoms with E-state index in [1.54, 1.807) is 0 Å². The van der Waals surface area contributed by atoms with E-state index < -0.39 is 0 Å². The van der Waals surface area contributed by atoms with Crippen molar-refractivity contribution in [1.29, 1.82) is 0 Å². The Kier molecular flexibility index (Phi) is 4.93. The molecule has 2 heteroatoms. The molecule has 0 aromatic heterocycles. The molecule has 13 heavy (non-hydrogen) atoms. The molecule has 0 radical (unpaired) electrons. The van der Waals surface area contributed by atoms with Crippen molar-refractivity contribution >= 4 is 0 Å². The van der Waals surface area contributed by atoms with Crippen LogP contribution in [0.15, 0.2) is 0 Å². The Morgan fingerprint density at radius 1 is 1.08 bits per heavy atom. The molecular formula is C11H25NO. The smallest absolute Gasteiger partial charge is 0.0494 e. The fraction of sp³-hybridized carbons (Fsp3) is 1.00. The third kappa shape index (κ3) is 4.63. The van der Waals surface area contributed by atoms with Gasteiger partial charge in [-0.05, 0) is 19.8 Å². The van der Waals surface area contributed by atoms with Crippen LogP contribution in [0.4, 0.5) is 0 Å². The molecule has 0 heterocycles. The first-order valence-electron chi connectivity index (χ1n) is 5.25. The lowest BCUT2D eigenvalue weighted by Crippen LogP contribution is -2.46. The van der Waals surface area contributed by atoms with E-state index in [0.29, 0.717) is 0 Å². The summed E-state index contributed by atoms with van der Waals surface area (Å²) in [5.41, 5.74) is 0.220. The van der Waals surface area contributed by atoms with Crippen molar-refractivity contribution < 1.29 is 5.11 Å². The van der Waals surface area contributed by atoms with Gasteiger partial charge in [0.25, 0.3) is 0 Å². The Morgan fingerprint density at radius 2 is 1.54 bits per heavy atom. The first kappa shape index (κ1) is 12.9. The highest BCUT2D eigenvalue weighted by atomic mass is 16.3. The highest BCUT2D eigenvalue weighted by Crippen LogP contribution is 2.18. The summed E-state index contributed by atoms with van der Waals surface area (Å²) >= 11 is 0. The minimum atomic E-state index is -0.00833. The second-order valence-electron chi connectivity index (χ2n) is 4.94. The van der Waals surface area contributed by atoms with E-state index in [1.807, 2.05) is 0 Å². The average molecular weight is 187 g/mol. The van der Waals surface area contributed by atoms with E-state index in [-0.39, 0.29) is 17.6 Å². The molecule has 0 unspecified atom stereocenters. The number of nitrogens with one attached hydrogen (secondary N) is 1. The largest absolute Gasteiger partial charge is 0.396 e. The summed E-state index contributed by atoms with van der Waals surface area (Å²) in [6.07, 6.45) is 2.26. The van der Waals surface area contributed by atoms with Crippen LogP contribution < -0.4 is 5.32 Å². The summed E-state index contributed by atoms with van der Waals surface area (Å²) in [5.74, 6) is 0. The molecule has 0 aromatic carbocycles. The van der Waals surface area contributed by atoms with Gasteiger partial charge in [-0.3, -0.25) is 0 Å². The normalized spacial score (nSPS) is 13.4. The van der Waals surface area contributed by atoms with Crippen LogP contribution in [0.1, 0.15) is 47.5 Å². The van der Waals surface area contributed by atoms with Crippen LogP contribution in [0.5, 0.6) is 0 Å². The number of rotatable bonds is 6. The second kappa shape index (κ2) is 4.97.